The zero-order valence-corrected chi connectivity index (χ0v) is 15.3. The van der Waals surface area contributed by atoms with Crippen LogP contribution < -0.4 is 0 Å². The summed E-state index contributed by atoms with van der Waals surface area (Å²) >= 11 is 0. The van der Waals surface area contributed by atoms with Gasteiger partial charge in [-0.2, -0.15) is 0 Å². The number of hydrogen-bond donors (Lipinski definition) is 0. The summed E-state index contributed by atoms with van der Waals surface area (Å²) in [5.74, 6) is -0.218. The van der Waals surface area contributed by atoms with Crippen molar-refractivity contribution in [2.75, 3.05) is 6.23 Å². The van der Waals surface area contributed by atoms with Gasteiger partial charge in [-0.3, -0.25) is 0 Å². The van der Waals surface area contributed by atoms with Gasteiger partial charge >= 0.3 is 5.97 Å². The second kappa shape index (κ2) is 6.70. The third-order valence-electron chi connectivity index (χ3n) is 3.27. The first-order valence-corrected chi connectivity index (χ1v) is 19.1. The Hall–Kier alpha value is 0.0375. The SMILES string of the molecule is C=CC(=O)O[Si]1(C)CO[SiH2][SiH2][SiH]1CCCC. The molecule has 2 atom stereocenters. The molecule has 3 nitrogen and oxygen atoms in total. The van der Waals surface area contributed by atoms with Crippen molar-refractivity contribution >= 4 is 39.5 Å². The summed E-state index contributed by atoms with van der Waals surface area (Å²) in [5.41, 5.74) is 0. The van der Waals surface area contributed by atoms with Crippen LogP contribution in [0, 0.1) is 0 Å². The van der Waals surface area contributed by atoms with Crippen molar-refractivity contribution in [1.29, 1.82) is 0 Å². The van der Waals surface area contributed by atoms with Gasteiger partial charge in [-0.15, -0.1) is 0 Å². The van der Waals surface area contributed by atoms with E-state index in [9.17, 15) is 4.79 Å². The monoisotopic (exact) mass is 290 g/mol. The summed E-state index contributed by atoms with van der Waals surface area (Å²) in [5, 5.41) is 0. The molecule has 0 aromatic heterocycles. The number of unbranched alkanes of at least 4 members (excludes halogenated alkanes) is 1. The minimum absolute atomic E-state index is 0.0532. The molecule has 2 unspecified atom stereocenters. The second-order valence-corrected chi connectivity index (χ2v) is 30.8. The van der Waals surface area contributed by atoms with E-state index in [4.69, 9.17) is 8.85 Å². The van der Waals surface area contributed by atoms with Gasteiger partial charge in [0.25, 0.3) is 7.83 Å². The van der Waals surface area contributed by atoms with Crippen LogP contribution in [0.15, 0.2) is 12.7 Å². The average Bonchev–Trinajstić information content (AvgIpc) is 2.27. The Morgan fingerprint density at radius 1 is 1.75 bits per heavy atom. The molecule has 1 aliphatic rings. The maximum atomic E-state index is 11.4. The van der Waals surface area contributed by atoms with Gasteiger partial charge in [0, 0.05) is 14.6 Å². The van der Waals surface area contributed by atoms with E-state index in [1.165, 1.54) is 25.0 Å². The average molecular weight is 291 g/mol. The van der Waals surface area contributed by atoms with Gasteiger partial charge in [0.2, 0.25) is 0 Å². The van der Waals surface area contributed by atoms with Gasteiger partial charge < -0.3 is 8.85 Å². The molecule has 1 rings (SSSR count). The van der Waals surface area contributed by atoms with E-state index in [0.29, 0.717) is 0 Å². The minimum atomic E-state index is -1.79. The van der Waals surface area contributed by atoms with Gasteiger partial charge in [-0.05, 0) is 6.55 Å². The Morgan fingerprint density at radius 3 is 3.12 bits per heavy atom. The van der Waals surface area contributed by atoms with Gasteiger partial charge in [0.05, 0.1) is 14.1 Å². The molecule has 0 aromatic carbocycles. The maximum Gasteiger partial charge on any atom is 0.316 e. The van der Waals surface area contributed by atoms with Crippen LogP contribution in [0.25, 0.3) is 0 Å². The van der Waals surface area contributed by atoms with E-state index in [1.54, 1.807) is 0 Å². The lowest BCUT2D eigenvalue weighted by Gasteiger charge is -2.37. The second-order valence-electron chi connectivity index (χ2n) is 4.62. The molecule has 1 aliphatic heterocycles. The van der Waals surface area contributed by atoms with Crippen LogP contribution in [0.1, 0.15) is 19.8 Å². The van der Waals surface area contributed by atoms with Gasteiger partial charge in [0.15, 0.2) is 0 Å². The third kappa shape index (κ3) is 3.81. The number of carbonyl (C=O) groups excluding carboxylic acids is 1. The standard InChI is InChI=1S/C9H22O3Si4/c1-4-6-7-15-14-13-11-8-16(15,3)12-9(10)5-2/h5,15H,2,4,6-8,13-14H2,1,3H3. The van der Waals surface area contributed by atoms with Crippen molar-refractivity contribution in [1.82, 2.24) is 0 Å². The lowest BCUT2D eigenvalue weighted by molar-refractivity contribution is -0.129. The molecule has 92 valence electrons. The summed E-state index contributed by atoms with van der Waals surface area (Å²) in [6.45, 7) is 7.95. The number of rotatable bonds is 5. The van der Waals surface area contributed by atoms with E-state index < -0.39 is 15.7 Å². The van der Waals surface area contributed by atoms with Crippen LogP contribution in [0.2, 0.25) is 12.6 Å². The molecule has 16 heavy (non-hydrogen) atoms. The molecule has 1 saturated heterocycles. The van der Waals surface area contributed by atoms with Crippen LogP contribution >= 0.6 is 0 Å². The smallest absolute Gasteiger partial charge is 0.316 e. The van der Waals surface area contributed by atoms with Gasteiger partial charge in [-0.25, -0.2) is 4.79 Å². The fourth-order valence-corrected chi connectivity index (χ4v) is 53.2. The number of hydrogen-bond acceptors (Lipinski definition) is 3. The van der Waals surface area contributed by atoms with Crippen molar-refractivity contribution in [2.45, 2.75) is 32.4 Å². The molecule has 0 radical (unpaired) electrons. The maximum absolute atomic E-state index is 11.4. The van der Waals surface area contributed by atoms with Crippen LogP contribution in [-0.2, 0) is 13.6 Å². The first-order valence-electron chi connectivity index (χ1n) is 6.05. The fraction of sp³-hybridized carbons (Fsp3) is 0.667. The molecule has 1 fully saturated rings. The lowest BCUT2D eigenvalue weighted by Crippen LogP contribution is -2.64. The molecule has 0 saturated carbocycles. The Bertz CT molecular complexity index is 261. The summed E-state index contributed by atoms with van der Waals surface area (Å²) in [4.78, 5) is 11.4. The van der Waals surface area contributed by atoms with Gasteiger partial charge in [0.1, 0.15) is 9.28 Å². The largest absolute Gasteiger partial charge is 0.518 e. The number of carbonyl (C=O) groups is 1. The van der Waals surface area contributed by atoms with E-state index >= 15 is 0 Å². The zero-order valence-electron chi connectivity index (χ0n) is 10.3. The Balaban J connectivity index is 2.62. The highest BCUT2D eigenvalue weighted by Crippen LogP contribution is 2.18. The van der Waals surface area contributed by atoms with Crippen LogP contribution in [0.3, 0.4) is 0 Å². The van der Waals surface area contributed by atoms with Crippen molar-refractivity contribution in [2.24, 2.45) is 0 Å². The van der Waals surface area contributed by atoms with Crippen molar-refractivity contribution < 1.29 is 13.6 Å². The molecule has 7 heteroatoms. The van der Waals surface area contributed by atoms with E-state index in [-0.39, 0.29) is 23.8 Å². The third-order valence-corrected chi connectivity index (χ3v) is 45.1. The minimum Gasteiger partial charge on any atom is -0.518 e. The molecule has 0 aromatic rings. The Labute approximate surface area is 104 Å². The van der Waals surface area contributed by atoms with E-state index in [0.717, 1.165) is 6.23 Å². The highest BCUT2D eigenvalue weighted by atomic mass is 29.8. The van der Waals surface area contributed by atoms with Crippen LogP contribution in [0.4, 0.5) is 0 Å². The highest BCUT2D eigenvalue weighted by molar-refractivity contribution is 7.60. The summed E-state index contributed by atoms with van der Waals surface area (Å²) in [6.07, 6.45) is 4.69. The Kier molecular flexibility index (Phi) is 5.90. The fourth-order valence-electron chi connectivity index (χ4n) is 2.21. The molecular formula is C9H22O3Si4. The predicted molar refractivity (Wildman–Crippen MR) is 77.8 cm³/mol. The zero-order chi connectivity index (χ0) is 12.0. The van der Waals surface area contributed by atoms with E-state index in [1.807, 2.05) is 0 Å². The van der Waals surface area contributed by atoms with Crippen molar-refractivity contribution in [3.05, 3.63) is 12.7 Å². The highest BCUT2D eigenvalue weighted by Gasteiger charge is 2.44. The van der Waals surface area contributed by atoms with Crippen molar-refractivity contribution in [3.8, 4) is 0 Å². The summed E-state index contributed by atoms with van der Waals surface area (Å²) in [7, 11) is -2.62. The molecule has 1 heterocycles. The molecule has 0 bridgehead atoms. The van der Waals surface area contributed by atoms with E-state index in [2.05, 4.69) is 20.0 Å². The summed E-state index contributed by atoms with van der Waals surface area (Å²) < 4.78 is 11.4. The van der Waals surface area contributed by atoms with Crippen LogP contribution in [-0.4, -0.2) is 45.7 Å². The molecule has 0 spiro atoms. The Morgan fingerprint density at radius 2 is 2.50 bits per heavy atom. The molecular weight excluding hydrogens is 268 g/mol. The predicted octanol–water partition coefficient (Wildman–Crippen LogP) is -0.370. The van der Waals surface area contributed by atoms with Crippen LogP contribution in [0.5, 0.6) is 0 Å². The first kappa shape index (κ1) is 14.1. The lowest BCUT2D eigenvalue weighted by atomic mass is 10.4. The molecule has 0 aliphatic carbocycles. The normalized spacial score (nSPS) is 32.8. The summed E-state index contributed by atoms with van der Waals surface area (Å²) in [6, 6.07) is 1.40. The molecule has 0 N–H and O–H groups in total. The first-order chi connectivity index (χ1) is 7.62. The quantitative estimate of drug-likeness (QED) is 0.512. The molecule has 0 amide bonds. The van der Waals surface area contributed by atoms with Gasteiger partial charge in [-0.1, -0.05) is 32.4 Å². The van der Waals surface area contributed by atoms with Crippen molar-refractivity contribution in [3.63, 3.8) is 0 Å². The topological polar surface area (TPSA) is 35.5 Å².